The maximum absolute atomic E-state index is 12.8. The van der Waals surface area contributed by atoms with Gasteiger partial charge in [0.15, 0.2) is 0 Å². The molecule has 2 heterocycles. The van der Waals surface area contributed by atoms with Crippen molar-refractivity contribution in [2.75, 3.05) is 25.1 Å². The Morgan fingerprint density at radius 2 is 1.93 bits per heavy atom. The minimum absolute atomic E-state index is 0.0376. The molecule has 154 valence electrons. The third-order valence-electron chi connectivity index (χ3n) is 6.32. The fourth-order valence-electron chi connectivity index (χ4n) is 4.78. The van der Waals surface area contributed by atoms with Crippen LogP contribution in [0.1, 0.15) is 44.0 Å². The molecule has 1 saturated carbocycles. The van der Waals surface area contributed by atoms with Crippen molar-refractivity contribution in [3.05, 3.63) is 47.9 Å². The number of hydrogen-bond acceptors (Lipinski definition) is 5. The molecular formula is C22H29N5O2. The minimum atomic E-state index is -0.235. The van der Waals surface area contributed by atoms with E-state index in [9.17, 15) is 4.79 Å². The first-order chi connectivity index (χ1) is 14.0. The number of nitrogens with one attached hydrogen (secondary N) is 2. The van der Waals surface area contributed by atoms with E-state index in [1.54, 1.807) is 18.2 Å². The molecule has 1 saturated heterocycles. The minimum Gasteiger partial charge on any atom is -0.479 e. The molecule has 0 unspecified atom stereocenters. The molecule has 7 nitrogen and oxygen atoms in total. The highest BCUT2D eigenvalue weighted by atomic mass is 16.5. The summed E-state index contributed by atoms with van der Waals surface area (Å²) in [5, 5.41) is 7.00. The summed E-state index contributed by atoms with van der Waals surface area (Å²) in [5.41, 5.74) is 1.68. The summed E-state index contributed by atoms with van der Waals surface area (Å²) in [5.74, 6) is 1.06. The summed E-state index contributed by atoms with van der Waals surface area (Å²) in [6.07, 6.45) is 5.44. The number of aryl methyl sites for hydroxylation is 1. The zero-order valence-electron chi connectivity index (χ0n) is 17.4. The van der Waals surface area contributed by atoms with Crippen LogP contribution in [-0.4, -0.2) is 41.7 Å². The molecule has 2 N–H and O–H groups in total. The van der Waals surface area contributed by atoms with Crippen molar-refractivity contribution in [2.24, 2.45) is 0 Å². The van der Waals surface area contributed by atoms with Crippen molar-refractivity contribution in [3.8, 4) is 5.88 Å². The van der Waals surface area contributed by atoms with E-state index >= 15 is 0 Å². The second-order valence-electron chi connectivity index (χ2n) is 8.09. The van der Waals surface area contributed by atoms with E-state index in [1.165, 1.54) is 5.56 Å². The van der Waals surface area contributed by atoms with Gasteiger partial charge in [-0.05, 0) is 44.7 Å². The summed E-state index contributed by atoms with van der Waals surface area (Å²) < 4.78 is 5.40. The first-order valence-corrected chi connectivity index (χ1v) is 10.3. The molecule has 1 aliphatic carbocycles. The maximum atomic E-state index is 12.8. The summed E-state index contributed by atoms with van der Waals surface area (Å²) >= 11 is 0. The number of hydrogen-bond donors (Lipinski definition) is 2. The number of aromatic nitrogens is 2. The van der Waals surface area contributed by atoms with Crippen LogP contribution < -0.4 is 20.3 Å². The number of carbonyl (C=O) groups is 1. The second kappa shape index (κ2) is 7.63. The molecular weight excluding hydrogens is 366 g/mol. The Hall–Kier alpha value is -2.67. The first kappa shape index (κ1) is 19.6. The molecule has 1 aliphatic heterocycles. The highest BCUT2D eigenvalue weighted by molar-refractivity contribution is 5.96. The Kier molecular flexibility index (Phi) is 5.17. The van der Waals surface area contributed by atoms with Crippen LogP contribution in [0, 0.1) is 6.92 Å². The van der Waals surface area contributed by atoms with Gasteiger partial charge in [-0.15, -0.1) is 0 Å². The quantitative estimate of drug-likeness (QED) is 0.813. The lowest BCUT2D eigenvalue weighted by Gasteiger charge is -2.45. The number of rotatable bonds is 5. The molecule has 2 aromatic rings. The van der Waals surface area contributed by atoms with Gasteiger partial charge in [0.1, 0.15) is 11.5 Å². The second-order valence-corrected chi connectivity index (χ2v) is 8.09. The standard InChI is InChI=1S/C22H29N5O2/c1-4-24-22(17-8-6-5-7-9-17)12-10-21(11-13-22)15-27(20(28)26-21)18-14-23-16(2)25-19(18)29-3/h5-9,14,24H,4,10-13,15H2,1-3H3,(H,26,28). The topological polar surface area (TPSA) is 79.4 Å². The zero-order chi connectivity index (χ0) is 20.5. The van der Waals surface area contributed by atoms with Crippen LogP contribution in [0.5, 0.6) is 5.88 Å². The first-order valence-electron chi connectivity index (χ1n) is 10.3. The van der Waals surface area contributed by atoms with Crippen molar-refractivity contribution in [2.45, 2.75) is 50.6 Å². The van der Waals surface area contributed by atoms with Crippen LogP contribution in [0.15, 0.2) is 36.5 Å². The highest BCUT2D eigenvalue weighted by Gasteiger charge is 2.49. The third-order valence-corrected chi connectivity index (χ3v) is 6.32. The van der Waals surface area contributed by atoms with E-state index in [2.05, 4.69) is 57.9 Å². The number of ether oxygens (including phenoxy) is 1. The number of methoxy groups -OCH3 is 1. The van der Waals surface area contributed by atoms with Gasteiger partial charge in [-0.25, -0.2) is 9.78 Å². The number of urea groups is 1. The maximum Gasteiger partial charge on any atom is 0.322 e. The summed E-state index contributed by atoms with van der Waals surface area (Å²) in [7, 11) is 1.57. The van der Waals surface area contributed by atoms with Crippen LogP contribution >= 0.6 is 0 Å². The number of carbonyl (C=O) groups excluding carboxylic acids is 1. The third kappa shape index (κ3) is 3.55. The van der Waals surface area contributed by atoms with Crippen molar-refractivity contribution in [3.63, 3.8) is 0 Å². The Balaban J connectivity index is 1.55. The van der Waals surface area contributed by atoms with Gasteiger partial charge in [-0.2, -0.15) is 4.98 Å². The Labute approximate surface area is 171 Å². The lowest BCUT2D eigenvalue weighted by molar-refractivity contribution is 0.161. The fourth-order valence-corrected chi connectivity index (χ4v) is 4.78. The Bertz CT molecular complexity index is 878. The molecule has 2 amide bonds. The Morgan fingerprint density at radius 3 is 2.59 bits per heavy atom. The van der Waals surface area contributed by atoms with Crippen LogP contribution in [-0.2, 0) is 5.54 Å². The van der Waals surface area contributed by atoms with Crippen molar-refractivity contribution < 1.29 is 9.53 Å². The zero-order valence-corrected chi connectivity index (χ0v) is 17.4. The van der Waals surface area contributed by atoms with Gasteiger partial charge in [-0.1, -0.05) is 37.3 Å². The van der Waals surface area contributed by atoms with Crippen molar-refractivity contribution >= 4 is 11.7 Å². The smallest absolute Gasteiger partial charge is 0.322 e. The monoisotopic (exact) mass is 395 g/mol. The largest absolute Gasteiger partial charge is 0.479 e. The fraction of sp³-hybridized carbons (Fsp3) is 0.500. The molecule has 0 radical (unpaired) electrons. The highest BCUT2D eigenvalue weighted by Crippen LogP contribution is 2.44. The van der Waals surface area contributed by atoms with E-state index in [1.807, 2.05) is 6.92 Å². The van der Waals surface area contributed by atoms with Crippen LogP contribution in [0.2, 0.25) is 0 Å². The van der Waals surface area contributed by atoms with E-state index < -0.39 is 0 Å². The van der Waals surface area contributed by atoms with Gasteiger partial charge < -0.3 is 15.4 Å². The van der Waals surface area contributed by atoms with Gasteiger partial charge in [-0.3, -0.25) is 4.90 Å². The number of anilines is 1. The van der Waals surface area contributed by atoms with E-state index in [0.29, 0.717) is 23.9 Å². The molecule has 1 spiro atoms. The predicted molar refractivity (Wildman–Crippen MR) is 112 cm³/mol. The molecule has 0 atom stereocenters. The molecule has 1 aromatic heterocycles. The van der Waals surface area contributed by atoms with Crippen LogP contribution in [0.3, 0.4) is 0 Å². The van der Waals surface area contributed by atoms with Crippen molar-refractivity contribution in [1.82, 2.24) is 20.6 Å². The summed E-state index contributed by atoms with van der Waals surface area (Å²) in [4.78, 5) is 23.2. The SMILES string of the molecule is CCNC1(c2ccccc2)CCC2(CC1)CN(c1cnc(C)nc1OC)C(=O)N2. The summed E-state index contributed by atoms with van der Waals surface area (Å²) in [6.45, 7) is 5.48. The lowest BCUT2D eigenvalue weighted by Crippen LogP contribution is -2.54. The van der Waals surface area contributed by atoms with E-state index in [4.69, 9.17) is 4.74 Å². The van der Waals surface area contributed by atoms with Gasteiger partial charge in [0.25, 0.3) is 0 Å². The predicted octanol–water partition coefficient (Wildman–Crippen LogP) is 3.14. The Morgan fingerprint density at radius 1 is 1.21 bits per heavy atom. The normalized spacial score (nSPS) is 26.6. The average Bonchev–Trinajstić information content (AvgIpc) is 3.06. The van der Waals surface area contributed by atoms with Gasteiger partial charge >= 0.3 is 6.03 Å². The molecule has 29 heavy (non-hydrogen) atoms. The number of benzene rings is 1. The lowest BCUT2D eigenvalue weighted by atomic mass is 9.69. The van der Waals surface area contributed by atoms with E-state index in [0.717, 1.165) is 32.2 Å². The molecule has 2 aliphatic rings. The van der Waals surface area contributed by atoms with Crippen molar-refractivity contribution in [1.29, 1.82) is 0 Å². The van der Waals surface area contributed by atoms with Gasteiger partial charge in [0.2, 0.25) is 5.88 Å². The van der Waals surface area contributed by atoms with Gasteiger partial charge in [0.05, 0.1) is 25.4 Å². The number of nitrogens with zero attached hydrogens (tertiary/aromatic N) is 3. The molecule has 4 rings (SSSR count). The molecule has 1 aromatic carbocycles. The van der Waals surface area contributed by atoms with E-state index in [-0.39, 0.29) is 17.1 Å². The number of amides is 2. The van der Waals surface area contributed by atoms with Gasteiger partial charge in [0, 0.05) is 5.54 Å². The summed E-state index contributed by atoms with van der Waals surface area (Å²) in [6, 6.07) is 10.6. The van der Waals surface area contributed by atoms with Crippen LogP contribution in [0.4, 0.5) is 10.5 Å². The average molecular weight is 396 g/mol. The molecule has 0 bridgehead atoms. The van der Waals surface area contributed by atoms with Crippen LogP contribution in [0.25, 0.3) is 0 Å². The molecule has 2 fully saturated rings. The molecule has 7 heteroatoms.